The van der Waals surface area contributed by atoms with Gasteiger partial charge in [-0.15, -0.1) is 0 Å². The molecule has 0 saturated carbocycles. The maximum atomic E-state index is 13.7. The fourth-order valence-corrected chi connectivity index (χ4v) is 6.68. The summed E-state index contributed by atoms with van der Waals surface area (Å²) < 4.78 is 34.9. The maximum Gasteiger partial charge on any atom is 0.266 e. The van der Waals surface area contributed by atoms with E-state index in [0.29, 0.717) is 22.3 Å². The number of halogens is 3. The molecule has 0 aliphatic carbocycles. The van der Waals surface area contributed by atoms with E-state index in [2.05, 4.69) is 0 Å². The molecule has 3 aromatic carbocycles. The molecule has 0 aliphatic rings. The number of hydrogen-bond acceptors (Lipinski definition) is 5. The van der Waals surface area contributed by atoms with Crippen molar-refractivity contribution in [2.75, 3.05) is 14.2 Å². The molecule has 1 unspecified atom stereocenters. The molecule has 1 heterocycles. The van der Waals surface area contributed by atoms with Gasteiger partial charge in [0.2, 0.25) is 10.0 Å². The molecule has 0 N–H and O–H groups in total. The van der Waals surface area contributed by atoms with Crippen LogP contribution in [-0.2, 0) is 10.0 Å². The number of aryl methyl sites for hydroxylation is 1. The van der Waals surface area contributed by atoms with Crippen LogP contribution in [0.25, 0.3) is 16.6 Å². The summed E-state index contributed by atoms with van der Waals surface area (Å²) in [5.41, 5.74) is 1.52. The minimum absolute atomic E-state index is 0.110. The van der Waals surface area contributed by atoms with Gasteiger partial charge >= 0.3 is 0 Å². The number of nitrogens with zero attached hydrogens (tertiary/aromatic N) is 3. The first-order valence-corrected chi connectivity index (χ1v) is 13.3. The van der Waals surface area contributed by atoms with Crippen molar-refractivity contribution >= 4 is 55.7 Å². The average molecular weight is 567 g/mol. The van der Waals surface area contributed by atoms with E-state index in [-0.39, 0.29) is 31.3 Å². The Kier molecular flexibility index (Phi) is 7.37. The Hall–Kier alpha value is -2.62. The van der Waals surface area contributed by atoms with Gasteiger partial charge in [-0.05, 0) is 62.4 Å². The molecule has 0 radical (unpaired) electrons. The van der Waals surface area contributed by atoms with Gasteiger partial charge in [0.05, 0.1) is 39.8 Å². The molecule has 4 aromatic rings. The summed E-state index contributed by atoms with van der Waals surface area (Å²) in [6.45, 7) is 3.52. The first kappa shape index (κ1) is 26.4. The van der Waals surface area contributed by atoms with Crippen molar-refractivity contribution in [2.24, 2.45) is 0 Å². The van der Waals surface area contributed by atoms with Crippen LogP contribution in [0.4, 0.5) is 0 Å². The van der Waals surface area contributed by atoms with Gasteiger partial charge in [-0.2, -0.15) is 4.31 Å². The zero-order chi connectivity index (χ0) is 26.4. The van der Waals surface area contributed by atoms with Crippen LogP contribution in [0.5, 0.6) is 5.75 Å². The van der Waals surface area contributed by atoms with Gasteiger partial charge in [0.15, 0.2) is 0 Å². The van der Waals surface area contributed by atoms with Gasteiger partial charge in [-0.3, -0.25) is 9.36 Å². The van der Waals surface area contributed by atoms with Gasteiger partial charge in [-0.1, -0.05) is 46.4 Å². The highest BCUT2D eigenvalue weighted by molar-refractivity contribution is 7.89. The minimum Gasteiger partial charge on any atom is -0.497 e. The second kappa shape index (κ2) is 10.0. The highest BCUT2D eigenvalue weighted by Crippen LogP contribution is 2.36. The van der Waals surface area contributed by atoms with Crippen molar-refractivity contribution in [3.63, 3.8) is 0 Å². The summed E-state index contributed by atoms with van der Waals surface area (Å²) in [4.78, 5) is 18.2. The van der Waals surface area contributed by atoms with Crippen molar-refractivity contribution in [1.29, 1.82) is 0 Å². The first-order chi connectivity index (χ1) is 16.9. The fourth-order valence-electron chi connectivity index (χ4n) is 3.87. The standard InChI is InChI=1S/C25H22Cl3N3O4S/c1-14-5-10-22-19(11-14)25(32)31(17-6-8-18(35-4)9-7-17)24(29-22)15(2)30(3)36(33,34)23-20(27)12-16(26)13-21(23)28/h5-13,15H,1-4H3. The number of benzene rings is 3. The summed E-state index contributed by atoms with van der Waals surface area (Å²) in [5, 5.41) is 0.401. The van der Waals surface area contributed by atoms with Gasteiger partial charge < -0.3 is 4.74 Å². The molecular weight excluding hydrogens is 545 g/mol. The third kappa shape index (κ3) is 4.71. The molecule has 1 aromatic heterocycles. The Labute approximate surface area is 223 Å². The number of fused-ring (bicyclic) bond motifs is 1. The van der Waals surface area contributed by atoms with Crippen LogP contribution in [0.2, 0.25) is 15.1 Å². The summed E-state index contributed by atoms with van der Waals surface area (Å²) in [7, 11) is -1.29. The monoisotopic (exact) mass is 565 g/mol. The van der Waals surface area contributed by atoms with Gasteiger partial charge in [0, 0.05) is 12.1 Å². The predicted molar refractivity (Wildman–Crippen MR) is 143 cm³/mol. The lowest BCUT2D eigenvalue weighted by atomic mass is 10.1. The number of methoxy groups -OCH3 is 1. The van der Waals surface area contributed by atoms with Crippen molar-refractivity contribution in [3.05, 3.63) is 91.4 Å². The molecule has 0 aliphatic heterocycles. The van der Waals surface area contributed by atoms with Gasteiger partial charge in [0.1, 0.15) is 16.5 Å². The third-order valence-corrected chi connectivity index (χ3v) is 8.97. The Bertz CT molecular complexity index is 1610. The van der Waals surface area contributed by atoms with Crippen LogP contribution >= 0.6 is 34.8 Å². The van der Waals surface area contributed by atoms with Crippen LogP contribution in [-0.4, -0.2) is 36.4 Å². The average Bonchev–Trinajstić information content (AvgIpc) is 2.82. The zero-order valence-corrected chi connectivity index (χ0v) is 22.9. The van der Waals surface area contributed by atoms with E-state index < -0.39 is 16.1 Å². The normalized spacial score (nSPS) is 12.8. The third-order valence-electron chi connectivity index (χ3n) is 5.90. The van der Waals surface area contributed by atoms with Crippen molar-refractivity contribution in [1.82, 2.24) is 13.9 Å². The summed E-state index contributed by atoms with van der Waals surface area (Å²) in [5.74, 6) is 0.825. The topological polar surface area (TPSA) is 81.5 Å². The second-order valence-corrected chi connectivity index (χ2v) is 11.4. The highest BCUT2D eigenvalue weighted by Gasteiger charge is 2.33. The smallest absolute Gasteiger partial charge is 0.266 e. The Morgan fingerprint density at radius 2 is 1.61 bits per heavy atom. The fraction of sp³-hybridized carbons (Fsp3) is 0.200. The number of sulfonamides is 1. The summed E-state index contributed by atoms with van der Waals surface area (Å²) >= 11 is 18.4. The van der Waals surface area contributed by atoms with E-state index >= 15 is 0 Å². The van der Waals surface area contributed by atoms with Crippen LogP contribution < -0.4 is 10.3 Å². The maximum absolute atomic E-state index is 13.7. The largest absolute Gasteiger partial charge is 0.497 e. The number of hydrogen-bond donors (Lipinski definition) is 0. The first-order valence-electron chi connectivity index (χ1n) is 10.8. The van der Waals surface area contributed by atoms with Gasteiger partial charge in [0.25, 0.3) is 5.56 Å². The van der Waals surface area contributed by atoms with E-state index in [1.54, 1.807) is 50.4 Å². The number of rotatable bonds is 6. The molecule has 7 nitrogen and oxygen atoms in total. The lowest BCUT2D eigenvalue weighted by molar-refractivity contribution is 0.379. The highest BCUT2D eigenvalue weighted by atomic mass is 35.5. The summed E-state index contributed by atoms with van der Waals surface area (Å²) in [6, 6.07) is 13.9. The quantitative estimate of drug-likeness (QED) is 0.284. The molecular formula is C25H22Cl3N3O4S. The van der Waals surface area contributed by atoms with E-state index in [4.69, 9.17) is 44.5 Å². The zero-order valence-electron chi connectivity index (χ0n) is 19.8. The molecule has 0 fully saturated rings. The number of ether oxygens (including phenoxy) is 1. The lowest BCUT2D eigenvalue weighted by Gasteiger charge is -2.27. The molecule has 0 bridgehead atoms. The van der Waals surface area contributed by atoms with E-state index in [0.717, 1.165) is 9.87 Å². The van der Waals surface area contributed by atoms with E-state index in [9.17, 15) is 13.2 Å². The molecule has 188 valence electrons. The summed E-state index contributed by atoms with van der Waals surface area (Å²) in [6.07, 6.45) is 0. The Morgan fingerprint density at radius 3 is 2.19 bits per heavy atom. The van der Waals surface area contributed by atoms with Crippen molar-refractivity contribution in [2.45, 2.75) is 24.8 Å². The molecule has 0 amide bonds. The van der Waals surface area contributed by atoms with Crippen LogP contribution in [0.3, 0.4) is 0 Å². The molecule has 1 atom stereocenters. The van der Waals surface area contributed by atoms with Crippen LogP contribution in [0, 0.1) is 6.92 Å². The SMILES string of the molecule is COc1ccc(-n2c(C(C)N(C)S(=O)(=O)c3c(Cl)cc(Cl)cc3Cl)nc3ccc(C)cc3c2=O)cc1. The van der Waals surface area contributed by atoms with Crippen molar-refractivity contribution < 1.29 is 13.2 Å². The molecule has 0 spiro atoms. The van der Waals surface area contributed by atoms with Crippen LogP contribution in [0.15, 0.2) is 64.3 Å². The van der Waals surface area contributed by atoms with Crippen LogP contribution in [0.1, 0.15) is 24.4 Å². The predicted octanol–water partition coefficient (Wildman–Crippen LogP) is 6.04. The molecule has 36 heavy (non-hydrogen) atoms. The number of aromatic nitrogens is 2. The lowest BCUT2D eigenvalue weighted by Crippen LogP contribution is -2.35. The Balaban J connectivity index is 1.94. The minimum atomic E-state index is -4.21. The van der Waals surface area contributed by atoms with E-state index in [1.807, 2.05) is 13.0 Å². The van der Waals surface area contributed by atoms with Gasteiger partial charge in [-0.25, -0.2) is 13.4 Å². The molecule has 11 heteroatoms. The molecule has 4 rings (SSSR count). The second-order valence-electron chi connectivity index (χ2n) is 8.22. The van der Waals surface area contributed by atoms with E-state index in [1.165, 1.54) is 23.7 Å². The molecule has 0 saturated heterocycles. The Morgan fingerprint density at radius 1 is 1.00 bits per heavy atom. The van der Waals surface area contributed by atoms with Crippen molar-refractivity contribution in [3.8, 4) is 11.4 Å².